The van der Waals surface area contributed by atoms with Crippen molar-refractivity contribution in [3.8, 4) is 0 Å². The fourth-order valence-electron chi connectivity index (χ4n) is 2.09. The molecule has 0 unspecified atom stereocenters. The van der Waals surface area contributed by atoms with Crippen molar-refractivity contribution in [3.05, 3.63) is 41.6 Å². The molecule has 1 heterocycles. The average molecular weight is 402 g/mol. The van der Waals surface area contributed by atoms with Crippen molar-refractivity contribution >= 4 is 21.6 Å². The molecule has 0 bridgehead atoms. The second-order valence-electron chi connectivity index (χ2n) is 7.16. The van der Waals surface area contributed by atoms with E-state index in [2.05, 4.69) is 10.5 Å². The summed E-state index contributed by atoms with van der Waals surface area (Å²) in [6.07, 6.45) is 0. The van der Waals surface area contributed by atoms with Gasteiger partial charge in [-0.15, -0.1) is 0 Å². The van der Waals surface area contributed by atoms with Crippen LogP contribution in [-0.4, -0.2) is 35.9 Å². The van der Waals surface area contributed by atoms with Crippen molar-refractivity contribution in [3.63, 3.8) is 0 Å². The Hall–Kier alpha value is -2.33. The second kappa shape index (κ2) is 7.01. The Labute approximate surface area is 155 Å². The molecule has 0 saturated heterocycles. The first kappa shape index (κ1) is 21.0. The molecule has 0 aliphatic carbocycles. The fourth-order valence-corrected chi connectivity index (χ4v) is 3.49. The van der Waals surface area contributed by atoms with Gasteiger partial charge in [-0.1, -0.05) is 19.0 Å². The number of anilines is 1. The van der Waals surface area contributed by atoms with Gasteiger partial charge in [0, 0.05) is 17.5 Å². The lowest BCUT2D eigenvalue weighted by Crippen LogP contribution is -2.44. The summed E-state index contributed by atoms with van der Waals surface area (Å²) < 4.78 is 55.3. The lowest BCUT2D eigenvalue weighted by atomic mass is 9.91. The summed E-state index contributed by atoms with van der Waals surface area (Å²) in [5.74, 6) is -3.34. The van der Waals surface area contributed by atoms with E-state index >= 15 is 0 Å². The van der Waals surface area contributed by atoms with Crippen LogP contribution in [0.2, 0.25) is 0 Å². The van der Waals surface area contributed by atoms with E-state index in [0.29, 0.717) is 11.8 Å². The van der Waals surface area contributed by atoms with Crippen molar-refractivity contribution < 1.29 is 31.6 Å². The van der Waals surface area contributed by atoms with E-state index < -0.39 is 42.4 Å². The molecule has 0 saturated carbocycles. The van der Waals surface area contributed by atoms with E-state index in [9.17, 15) is 27.1 Å². The van der Waals surface area contributed by atoms with Crippen LogP contribution in [0.3, 0.4) is 0 Å². The standard InChI is InChI=1S/C17H20F2N2O5S/c1-16(2,9-22)13-8-14(26-21-13)20-15(23)17(3,4)27(24,25)12-6-5-10(18)7-11(12)19/h5-8,22H,9H2,1-4H3,(H,20,23). The highest BCUT2D eigenvalue weighted by atomic mass is 32.2. The molecule has 0 radical (unpaired) electrons. The van der Waals surface area contributed by atoms with E-state index in [1.54, 1.807) is 13.8 Å². The molecule has 0 spiro atoms. The highest BCUT2D eigenvalue weighted by molar-refractivity contribution is 7.93. The lowest BCUT2D eigenvalue weighted by molar-refractivity contribution is -0.118. The molecular formula is C17H20F2N2O5S. The SMILES string of the molecule is CC(C)(CO)c1cc(NC(=O)C(C)(C)S(=O)(=O)c2ccc(F)cc2F)on1. The van der Waals surface area contributed by atoms with E-state index in [-0.39, 0.29) is 12.5 Å². The van der Waals surface area contributed by atoms with Gasteiger partial charge in [-0.25, -0.2) is 17.2 Å². The van der Waals surface area contributed by atoms with Crippen molar-refractivity contribution in [2.45, 2.75) is 42.8 Å². The van der Waals surface area contributed by atoms with Crippen molar-refractivity contribution in [2.75, 3.05) is 11.9 Å². The Morgan fingerprint density at radius 2 is 1.85 bits per heavy atom. The van der Waals surface area contributed by atoms with Crippen LogP contribution in [0.25, 0.3) is 0 Å². The van der Waals surface area contributed by atoms with Gasteiger partial charge in [0.05, 0.1) is 12.3 Å². The van der Waals surface area contributed by atoms with Gasteiger partial charge in [-0.05, 0) is 26.0 Å². The number of aliphatic hydroxyl groups excluding tert-OH is 1. The molecule has 10 heteroatoms. The maximum absolute atomic E-state index is 13.9. The van der Waals surface area contributed by atoms with Gasteiger partial charge in [0.2, 0.25) is 11.8 Å². The van der Waals surface area contributed by atoms with Gasteiger partial charge >= 0.3 is 0 Å². The number of carbonyl (C=O) groups is 1. The van der Waals surface area contributed by atoms with Crippen LogP contribution in [0.1, 0.15) is 33.4 Å². The number of aromatic nitrogens is 1. The maximum Gasteiger partial charge on any atom is 0.248 e. The molecule has 0 fully saturated rings. The van der Waals surface area contributed by atoms with Crippen molar-refractivity contribution in [1.29, 1.82) is 0 Å². The molecule has 2 rings (SSSR count). The zero-order valence-electron chi connectivity index (χ0n) is 15.2. The lowest BCUT2D eigenvalue weighted by Gasteiger charge is -2.23. The van der Waals surface area contributed by atoms with Gasteiger partial charge in [0.1, 0.15) is 21.3 Å². The smallest absolute Gasteiger partial charge is 0.248 e. The molecule has 2 aromatic rings. The average Bonchev–Trinajstić information content (AvgIpc) is 3.03. The van der Waals surface area contributed by atoms with E-state index in [1.165, 1.54) is 6.07 Å². The third-order valence-electron chi connectivity index (χ3n) is 4.24. The van der Waals surface area contributed by atoms with Gasteiger partial charge in [0.15, 0.2) is 9.84 Å². The predicted octanol–water partition coefficient (Wildman–Crippen LogP) is 2.41. The minimum Gasteiger partial charge on any atom is -0.395 e. The Kier molecular flexibility index (Phi) is 5.44. The number of rotatable bonds is 6. The molecule has 1 aromatic carbocycles. The number of nitrogens with one attached hydrogen (secondary N) is 1. The van der Waals surface area contributed by atoms with Gasteiger partial charge < -0.3 is 9.63 Å². The van der Waals surface area contributed by atoms with E-state index in [0.717, 1.165) is 26.0 Å². The van der Waals surface area contributed by atoms with Crippen LogP contribution < -0.4 is 5.32 Å². The zero-order valence-corrected chi connectivity index (χ0v) is 16.0. The summed E-state index contributed by atoms with van der Waals surface area (Å²) in [6, 6.07) is 3.35. The Bertz CT molecular complexity index is 967. The molecule has 27 heavy (non-hydrogen) atoms. The third kappa shape index (κ3) is 3.86. The quantitative estimate of drug-likeness (QED) is 0.718. The Balaban J connectivity index is 2.31. The topological polar surface area (TPSA) is 110 Å². The number of nitrogens with zero attached hydrogens (tertiary/aromatic N) is 1. The first-order valence-electron chi connectivity index (χ1n) is 7.92. The molecular weight excluding hydrogens is 382 g/mol. The van der Waals surface area contributed by atoms with Gasteiger partial charge in [-0.3, -0.25) is 10.1 Å². The number of benzene rings is 1. The minimum absolute atomic E-state index is 0.126. The molecule has 1 amide bonds. The largest absolute Gasteiger partial charge is 0.395 e. The minimum atomic E-state index is -4.49. The molecule has 0 aliphatic rings. The normalized spacial score (nSPS) is 12.9. The first-order valence-corrected chi connectivity index (χ1v) is 9.40. The maximum atomic E-state index is 13.9. The van der Waals surface area contributed by atoms with E-state index in [1.807, 2.05) is 0 Å². The highest BCUT2D eigenvalue weighted by Gasteiger charge is 2.44. The number of sulfone groups is 1. The first-order chi connectivity index (χ1) is 12.3. The summed E-state index contributed by atoms with van der Waals surface area (Å²) >= 11 is 0. The number of hydrogen-bond donors (Lipinski definition) is 2. The van der Waals surface area contributed by atoms with Gasteiger partial charge in [0.25, 0.3) is 0 Å². The number of halogens is 2. The van der Waals surface area contributed by atoms with Crippen LogP contribution in [0, 0.1) is 11.6 Å². The summed E-state index contributed by atoms with van der Waals surface area (Å²) in [6.45, 7) is 5.35. The van der Waals surface area contributed by atoms with Crippen LogP contribution >= 0.6 is 0 Å². The molecule has 148 valence electrons. The fraction of sp³-hybridized carbons (Fsp3) is 0.412. The summed E-state index contributed by atoms with van der Waals surface area (Å²) in [4.78, 5) is 11.7. The summed E-state index contributed by atoms with van der Waals surface area (Å²) in [5, 5.41) is 15.4. The molecule has 7 nitrogen and oxygen atoms in total. The number of carbonyl (C=O) groups excluding carboxylic acids is 1. The summed E-state index contributed by atoms with van der Waals surface area (Å²) in [7, 11) is -4.49. The summed E-state index contributed by atoms with van der Waals surface area (Å²) in [5.41, 5.74) is -0.378. The van der Waals surface area contributed by atoms with Crippen LogP contribution in [0.15, 0.2) is 33.7 Å². The van der Waals surface area contributed by atoms with Crippen LogP contribution in [0.5, 0.6) is 0 Å². The molecule has 0 aliphatic heterocycles. The monoisotopic (exact) mass is 402 g/mol. The predicted molar refractivity (Wildman–Crippen MR) is 92.9 cm³/mol. The van der Waals surface area contributed by atoms with Gasteiger partial charge in [-0.2, -0.15) is 0 Å². The Morgan fingerprint density at radius 1 is 1.22 bits per heavy atom. The van der Waals surface area contributed by atoms with E-state index in [4.69, 9.17) is 4.52 Å². The molecule has 2 N–H and O–H groups in total. The zero-order chi connectivity index (χ0) is 20.6. The third-order valence-corrected chi connectivity index (χ3v) is 6.68. The van der Waals surface area contributed by atoms with Crippen molar-refractivity contribution in [2.24, 2.45) is 0 Å². The number of amides is 1. The number of hydrogen-bond acceptors (Lipinski definition) is 6. The molecule has 0 atom stereocenters. The Morgan fingerprint density at radius 3 is 2.41 bits per heavy atom. The molecule has 1 aromatic heterocycles. The van der Waals surface area contributed by atoms with Crippen LogP contribution in [-0.2, 0) is 20.0 Å². The second-order valence-corrected chi connectivity index (χ2v) is 9.63. The van der Waals surface area contributed by atoms with Crippen LogP contribution in [0.4, 0.5) is 14.7 Å². The van der Waals surface area contributed by atoms with Crippen molar-refractivity contribution in [1.82, 2.24) is 5.16 Å². The highest BCUT2D eigenvalue weighted by Crippen LogP contribution is 2.30. The number of aliphatic hydroxyl groups is 1.